The Morgan fingerprint density at radius 2 is 2.04 bits per heavy atom. The predicted molar refractivity (Wildman–Crippen MR) is 91.7 cm³/mol. The molecule has 1 saturated heterocycles. The molecule has 24 heavy (non-hydrogen) atoms. The number of amides is 1. The summed E-state index contributed by atoms with van der Waals surface area (Å²) in [5, 5.41) is 0. The van der Waals surface area contributed by atoms with Crippen molar-refractivity contribution in [1.29, 1.82) is 0 Å². The number of carbonyl (C=O) groups is 1. The molecule has 2 aliphatic rings. The zero-order valence-electron chi connectivity index (χ0n) is 14.4. The Kier molecular flexibility index (Phi) is 5.27. The molecule has 0 bridgehead atoms. The van der Waals surface area contributed by atoms with E-state index >= 15 is 0 Å². The molecule has 3 rings (SSSR count). The molecule has 1 aromatic carbocycles. The highest BCUT2D eigenvalue weighted by molar-refractivity contribution is 5.93. The molecule has 5 heteroatoms. The number of rotatable bonds is 4. The van der Waals surface area contributed by atoms with Crippen LogP contribution in [-0.2, 0) is 11.3 Å². The van der Waals surface area contributed by atoms with Crippen molar-refractivity contribution in [3.8, 4) is 23.3 Å². The van der Waals surface area contributed by atoms with E-state index in [1.54, 1.807) is 6.92 Å². The van der Waals surface area contributed by atoms with Crippen LogP contribution in [0.15, 0.2) is 18.2 Å². The van der Waals surface area contributed by atoms with Crippen LogP contribution in [0.3, 0.4) is 0 Å². The van der Waals surface area contributed by atoms with Crippen molar-refractivity contribution < 1.29 is 14.3 Å². The lowest BCUT2D eigenvalue weighted by Crippen LogP contribution is -2.46. The summed E-state index contributed by atoms with van der Waals surface area (Å²) in [5.41, 5.74) is 1.04. The van der Waals surface area contributed by atoms with E-state index in [1.165, 1.54) is 0 Å². The van der Waals surface area contributed by atoms with E-state index in [2.05, 4.69) is 23.7 Å². The number of hydrogen-bond donors (Lipinski definition) is 0. The van der Waals surface area contributed by atoms with Gasteiger partial charge in [-0.25, -0.2) is 0 Å². The minimum atomic E-state index is -0.0925. The fourth-order valence-corrected chi connectivity index (χ4v) is 3.33. The summed E-state index contributed by atoms with van der Waals surface area (Å²) in [6.45, 7) is 7.84. The normalized spacial score (nSPS) is 17.2. The van der Waals surface area contributed by atoms with E-state index in [1.807, 2.05) is 23.1 Å². The molecule has 2 heterocycles. The van der Waals surface area contributed by atoms with Gasteiger partial charge in [0.05, 0.1) is 0 Å². The fraction of sp³-hybridized carbons (Fsp3) is 0.526. The molecule has 0 aliphatic carbocycles. The average molecular weight is 328 g/mol. The zero-order chi connectivity index (χ0) is 16.9. The number of carbonyl (C=O) groups excluding carboxylic acids is 1. The van der Waals surface area contributed by atoms with E-state index in [0.29, 0.717) is 6.54 Å². The van der Waals surface area contributed by atoms with E-state index in [9.17, 15) is 4.79 Å². The van der Waals surface area contributed by atoms with Crippen molar-refractivity contribution in [2.45, 2.75) is 39.3 Å². The third-order valence-corrected chi connectivity index (χ3v) is 4.73. The highest BCUT2D eigenvalue weighted by Crippen LogP contribution is 2.33. The van der Waals surface area contributed by atoms with Crippen LogP contribution >= 0.6 is 0 Å². The molecule has 2 aliphatic heterocycles. The summed E-state index contributed by atoms with van der Waals surface area (Å²) in [7, 11) is 0. The Morgan fingerprint density at radius 3 is 2.75 bits per heavy atom. The largest absolute Gasteiger partial charge is 0.454 e. The first-order valence-electron chi connectivity index (χ1n) is 8.55. The molecule has 0 saturated carbocycles. The van der Waals surface area contributed by atoms with E-state index in [4.69, 9.17) is 9.47 Å². The van der Waals surface area contributed by atoms with Gasteiger partial charge in [0.15, 0.2) is 11.5 Å². The highest BCUT2D eigenvalue weighted by Gasteiger charge is 2.27. The lowest BCUT2D eigenvalue weighted by Gasteiger charge is -2.37. The van der Waals surface area contributed by atoms with Gasteiger partial charge < -0.3 is 19.3 Å². The topological polar surface area (TPSA) is 42.0 Å². The van der Waals surface area contributed by atoms with E-state index in [-0.39, 0.29) is 18.7 Å². The van der Waals surface area contributed by atoms with Gasteiger partial charge in [0.1, 0.15) is 0 Å². The molecule has 0 N–H and O–H groups in total. The van der Waals surface area contributed by atoms with Gasteiger partial charge in [-0.1, -0.05) is 18.9 Å². The maximum absolute atomic E-state index is 12.5. The number of fused-ring (bicyclic) bond motifs is 1. The van der Waals surface area contributed by atoms with Crippen molar-refractivity contribution >= 4 is 5.91 Å². The average Bonchev–Trinajstić information content (AvgIpc) is 3.07. The van der Waals surface area contributed by atoms with Gasteiger partial charge in [0.25, 0.3) is 5.91 Å². The molecular formula is C19H24N2O3. The van der Waals surface area contributed by atoms with E-state index < -0.39 is 0 Å². The smallest absolute Gasteiger partial charge is 0.299 e. The molecule has 128 valence electrons. The van der Waals surface area contributed by atoms with Crippen molar-refractivity contribution in [3.63, 3.8) is 0 Å². The quantitative estimate of drug-likeness (QED) is 0.795. The maximum Gasteiger partial charge on any atom is 0.299 e. The Bertz CT molecular complexity index is 654. The van der Waals surface area contributed by atoms with Crippen LogP contribution < -0.4 is 9.47 Å². The Morgan fingerprint density at radius 1 is 1.29 bits per heavy atom. The van der Waals surface area contributed by atoms with Gasteiger partial charge >= 0.3 is 0 Å². The van der Waals surface area contributed by atoms with Gasteiger partial charge in [0, 0.05) is 25.7 Å². The van der Waals surface area contributed by atoms with Crippen LogP contribution in [0.1, 0.15) is 32.3 Å². The summed E-state index contributed by atoms with van der Waals surface area (Å²) >= 11 is 0. The first-order chi connectivity index (χ1) is 11.7. The van der Waals surface area contributed by atoms with Crippen LogP contribution in [-0.4, -0.2) is 48.2 Å². The minimum absolute atomic E-state index is 0.0925. The van der Waals surface area contributed by atoms with Crippen LogP contribution in [0.5, 0.6) is 11.5 Å². The number of piperidine rings is 1. The van der Waals surface area contributed by atoms with Crippen molar-refractivity contribution in [1.82, 2.24) is 9.80 Å². The Labute approximate surface area is 143 Å². The summed E-state index contributed by atoms with van der Waals surface area (Å²) in [5.74, 6) is 6.87. The third kappa shape index (κ3) is 3.65. The first-order valence-corrected chi connectivity index (χ1v) is 8.55. The van der Waals surface area contributed by atoms with Crippen LogP contribution in [0.2, 0.25) is 0 Å². The lowest BCUT2D eigenvalue weighted by molar-refractivity contribution is -0.129. The number of likely N-dealkylation sites (tertiary alicyclic amines) is 1. The summed E-state index contributed by atoms with van der Waals surface area (Å²) in [6.07, 6.45) is 1.99. The number of ether oxygens (including phenoxy) is 2. The summed E-state index contributed by atoms with van der Waals surface area (Å²) in [6, 6.07) is 6.11. The SMILES string of the molecule is CC#CC(=O)N(Cc1ccc2c(c1)OCO2)C1CCN(CC)CC1. The maximum atomic E-state index is 12.5. The fourth-order valence-electron chi connectivity index (χ4n) is 3.33. The van der Waals surface area contributed by atoms with Crippen LogP contribution in [0.4, 0.5) is 0 Å². The molecule has 0 radical (unpaired) electrons. The van der Waals surface area contributed by atoms with Gasteiger partial charge in [0.2, 0.25) is 6.79 Å². The highest BCUT2D eigenvalue weighted by atomic mass is 16.7. The third-order valence-electron chi connectivity index (χ3n) is 4.73. The first kappa shape index (κ1) is 16.7. The number of hydrogen-bond acceptors (Lipinski definition) is 4. The molecule has 5 nitrogen and oxygen atoms in total. The van der Waals surface area contributed by atoms with Gasteiger partial charge in [-0.3, -0.25) is 4.79 Å². The second-order valence-electron chi connectivity index (χ2n) is 6.16. The van der Waals surface area contributed by atoms with Gasteiger partial charge in [-0.2, -0.15) is 0 Å². The standard InChI is InChI=1S/C19H24N2O3/c1-3-5-19(22)21(16-8-10-20(4-2)11-9-16)13-15-6-7-17-18(12-15)24-14-23-17/h6-7,12,16H,4,8-11,13-14H2,1-2H3. The zero-order valence-corrected chi connectivity index (χ0v) is 14.4. The molecule has 0 atom stereocenters. The molecule has 1 amide bonds. The molecule has 0 aromatic heterocycles. The molecule has 1 fully saturated rings. The second-order valence-corrected chi connectivity index (χ2v) is 6.16. The van der Waals surface area contributed by atoms with Crippen molar-refractivity contribution in [2.24, 2.45) is 0 Å². The summed E-state index contributed by atoms with van der Waals surface area (Å²) in [4.78, 5) is 16.9. The molecule has 0 unspecified atom stereocenters. The number of nitrogens with zero attached hydrogens (tertiary/aromatic N) is 2. The second kappa shape index (κ2) is 7.59. The van der Waals surface area contributed by atoms with Gasteiger partial charge in [-0.15, -0.1) is 0 Å². The van der Waals surface area contributed by atoms with Crippen LogP contribution in [0.25, 0.3) is 0 Å². The monoisotopic (exact) mass is 328 g/mol. The lowest BCUT2D eigenvalue weighted by atomic mass is 10.0. The summed E-state index contributed by atoms with van der Waals surface area (Å²) < 4.78 is 10.8. The number of benzene rings is 1. The van der Waals surface area contributed by atoms with Crippen molar-refractivity contribution in [3.05, 3.63) is 23.8 Å². The minimum Gasteiger partial charge on any atom is -0.454 e. The van der Waals surface area contributed by atoms with Crippen molar-refractivity contribution in [2.75, 3.05) is 26.4 Å². The Hall–Kier alpha value is -2.19. The van der Waals surface area contributed by atoms with Crippen LogP contribution in [0, 0.1) is 11.8 Å². The Balaban J connectivity index is 1.75. The predicted octanol–water partition coefficient (Wildman–Crippen LogP) is 2.25. The van der Waals surface area contributed by atoms with E-state index in [0.717, 1.165) is 49.5 Å². The van der Waals surface area contributed by atoms with Gasteiger partial charge in [-0.05, 0) is 49.9 Å². The molecule has 1 aromatic rings. The molecule has 0 spiro atoms. The molecular weight excluding hydrogens is 304 g/mol.